The molecule has 1 aromatic carbocycles. The zero-order valence-electron chi connectivity index (χ0n) is 20.6. The number of halogens is 4. The van der Waals surface area contributed by atoms with Gasteiger partial charge < -0.3 is 20.5 Å². The summed E-state index contributed by atoms with van der Waals surface area (Å²) in [5.74, 6) is -8.18. The molecule has 2 aromatic rings. The highest BCUT2D eigenvalue weighted by molar-refractivity contribution is 6.01. The number of H-pyrrole nitrogens is 1. The van der Waals surface area contributed by atoms with Crippen molar-refractivity contribution < 1.29 is 31.9 Å². The van der Waals surface area contributed by atoms with Crippen LogP contribution in [0.2, 0.25) is 0 Å². The predicted molar refractivity (Wildman–Crippen MR) is 127 cm³/mol. The number of hydrogen-bond donors (Lipinski definition) is 3. The van der Waals surface area contributed by atoms with Crippen molar-refractivity contribution in [1.82, 2.24) is 20.5 Å². The van der Waals surface area contributed by atoms with Gasteiger partial charge >= 0.3 is 0 Å². The van der Waals surface area contributed by atoms with Crippen LogP contribution in [0.5, 0.6) is 0 Å². The monoisotopic (exact) mass is 533 g/mol. The van der Waals surface area contributed by atoms with Gasteiger partial charge in [-0.1, -0.05) is 0 Å². The average molecular weight is 534 g/mol. The van der Waals surface area contributed by atoms with Crippen molar-refractivity contribution in [2.24, 2.45) is 17.8 Å². The number of nitriles is 1. The number of aromatic nitrogens is 1. The first-order valence-corrected chi connectivity index (χ1v) is 12.6. The Morgan fingerprint density at radius 3 is 2.76 bits per heavy atom. The molecule has 3 aliphatic rings. The Hall–Kier alpha value is -3.62. The Bertz CT molecular complexity index is 1350. The molecule has 5 rings (SSSR count). The Balaban J connectivity index is 1.41. The van der Waals surface area contributed by atoms with Crippen molar-refractivity contribution in [3.05, 3.63) is 35.0 Å². The fraction of sp³-hybridized carbons (Fsp3) is 0.538. The first kappa shape index (κ1) is 26.0. The van der Waals surface area contributed by atoms with E-state index in [2.05, 4.69) is 15.6 Å². The van der Waals surface area contributed by atoms with E-state index in [9.17, 15) is 37.2 Å². The van der Waals surface area contributed by atoms with Crippen LogP contribution in [0.3, 0.4) is 0 Å². The standard InChI is InChI=1S/C26H27F4N5O3/c1-12-5-18(27)16-7-19(34-21(16)20(12)28)25(38)35-11-14-8-26(29,30)9-17(14)22(35)24(37)33-15(10-31)6-13-3-2-4-32-23(13)36/h5,7,13-15,17,22,34H,2-4,6,8-9,11H2,1H3,(H,32,36)(H,33,37)/t13-,14+,15-,17+,22-/m1/s1. The van der Waals surface area contributed by atoms with Gasteiger partial charge in [-0.05, 0) is 55.7 Å². The highest BCUT2D eigenvalue weighted by Gasteiger charge is 2.58. The van der Waals surface area contributed by atoms with Gasteiger partial charge in [-0.2, -0.15) is 5.26 Å². The van der Waals surface area contributed by atoms with Crippen LogP contribution >= 0.6 is 0 Å². The number of fused-ring (bicyclic) bond motifs is 2. The summed E-state index contributed by atoms with van der Waals surface area (Å²) in [6.45, 7) is 1.78. The van der Waals surface area contributed by atoms with Gasteiger partial charge in [0, 0.05) is 37.2 Å². The van der Waals surface area contributed by atoms with Crippen LogP contribution in [0, 0.1) is 47.6 Å². The number of aromatic amines is 1. The van der Waals surface area contributed by atoms with Gasteiger partial charge in [0.25, 0.3) is 5.91 Å². The number of piperidine rings is 1. The van der Waals surface area contributed by atoms with Gasteiger partial charge in [-0.25, -0.2) is 17.6 Å². The van der Waals surface area contributed by atoms with Crippen LogP contribution in [0.4, 0.5) is 17.6 Å². The van der Waals surface area contributed by atoms with E-state index in [0.717, 1.165) is 23.5 Å². The number of carbonyl (C=O) groups excluding carboxylic acids is 3. The van der Waals surface area contributed by atoms with E-state index in [4.69, 9.17) is 0 Å². The maximum atomic E-state index is 14.6. The van der Waals surface area contributed by atoms with E-state index in [1.165, 1.54) is 6.92 Å². The van der Waals surface area contributed by atoms with Crippen molar-refractivity contribution in [3.63, 3.8) is 0 Å². The molecule has 1 aliphatic carbocycles. The zero-order chi connectivity index (χ0) is 27.4. The van der Waals surface area contributed by atoms with Crippen LogP contribution < -0.4 is 10.6 Å². The van der Waals surface area contributed by atoms with Gasteiger partial charge in [0.2, 0.25) is 17.7 Å². The molecular weight excluding hydrogens is 506 g/mol. The maximum Gasteiger partial charge on any atom is 0.271 e. The lowest BCUT2D eigenvalue weighted by molar-refractivity contribution is -0.129. The third-order valence-electron chi connectivity index (χ3n) is 8.01. The lowest BCUT2D eigenvalue weighted by atomic mass is 9.90. The first-order valence-electron chi connectivity index (χ1n) is 12.6. The van der Waals surface area contributed by atoms with Gasteiger partial charge in [-0.15, -0.1) is 0 Å². The second-order valence-electron chi connectivity index (χ2n) is 10.6. The second-order valence-corrected chi connectivity index (χ2v) is 10.6. The molecule has 1 aromatic heterocycles. The van der Waals surface area contributed by atoms with Crippen molar-refractivity contribution in [2.45, 2.75) is 57.0 Å². The summed E-state index contributed by atoms with van der Waals surface area (Å²) < 4.78 is 57.6. The normalized spacial score (nSPS) is 27.1. The maximum absolute atomic E-state index is 14.6. The van der Waals surface area contributed by atoms with Gasteiger partial charge in [0.15, 0.2) is 0 Å². The number of amides is 3. The average Bonchev–Trinajstić information content (AvgIpc) is 3.53. The molecule has 3 fully saturated rings. The number of nitrogens with zero attached hydrogens (tertiary/aromatic N) is 2. The molecule has 1 saturated carbocycles. The summed E-state index contributed by atoms with van der Waals surface area (Å²) in [5.41, 5.74) is -0.336. The Morgan fingerprint density at radius 1 is 1.29 bits per heavy atom. The fourth-order valence-corrected chi connectivity index (χ4v) is 6.20. The molecule has 2 aliphatic heterocycles. The van der Waals surface area contributed by atoms with Crippen LogP contribution in [-0.4, -0.2) is 58.7 Å². The van der Waals surface area contributed by atoms with Gasteiger partial charge in [-0.3, -0.25) is 14.4 Å². The molecule has 202 valence electrons. The van der Waals surface area contributed by atoms with Crippen molar-refractivity contribution >= 4 is 28.6 Å². The molecule has 0 bridgehead atoms. The molecule has 12 heteroatoms. The molecule has 2 saturated heterocycles. The fourth-order valence-electron chi connectivity index (χ4n) is 6.20. The molecule has 0 radical (unpaired) electrons. The SMILES string of the molecule is Cc1cc(F)c2cc(C(=O)N3C[C@@H]4CC(F)(F)C[C@@H]4[C@@H]3C(=O)N[C@@H](C#N)C[C@H]3CCCNC3=O)[nH]c2c1F. The summed E-state index contributed by atoms with van der Waals surface area (Å²) in [6.07, 6.45) is 0.245. The number of alkyl halides is 2. The molecular formula is C26H27F4N5O3. The molecule has 0 unspecified atom stereocenters. The highest BCUT2D eigenvalue weighted by Crippen LogP contribution is 2.50. The summed E-state index contributed by atoms with van der Waals surface area (Å²) in [7, 11) is 0. The van der Waals surface area contributed by atoms with Crippen LogP contribution in [0.15, 0.2) is 12.1 Å². The molecule has 8 nitrogen and oxygen atoms in total. The smallest absolute Gasteiger partial charge is 0.271 e. The Labute approximate surface area is 215 Å². The van der Waals surface area contributed by atoms with E-state index < -0.39 is 72.1 Å². The first-order chi connectivity index (χ1) is 18.0. The van der Waals surface area contributed by atoms with Crippen LogP contribution in [0.1, 0.15) is 48.2 Å². The van der Waals surface area contributed by atoms with Crippen LogP contribution in [0.25, 0.3) is 10.9 Å². The molecule has 38 heavy (non-hydrogen) atoms. The van der Waals surface area contributed by atoms with E-state index in [0.29, 0.717) is 13.0 Å². The van der Waals surface area contributed by atoms with Crippen molar-refractivity contribution in [3.8, 4) is 6.07 Å². The summed E-state index contributed by atoms with van der Waals surface area (Å²) in [6, 6.07) is 1.74. The summed E-state index contributed by atoms with van der Waals surface area (Å²) in [5, 5.41) is 14.8. The highest BCUT2D eigenvalue weighted by atomic mass is 19.3. The number of carbonyl (C=O) groups is 3. The molecule has 3 amide bonds. The minimum absolute atomic E-state index is 0.0419. The number of hydrogen-bond acceptors (Lipinski definition) is 4. The molecule has 3 N–H and O–H groups in total. The van der Waals surface area contributed by atoms with E-state index in [1.54, 1.807) is 0 Å². The van der Waals surface area contributed by atoms with E-state index >= 15 is 0 Å². The van der Waals surface area contributed by atoms with Crippen molar-refractivity contribution in [1.29, 1.82) is 5.26 Å². The van der Waals surface area contributed by atoms with Gasteiger partial charge in [0.05, 0.1) is 11.6 Å². The lowest BCUT2D eigenvalue weighted by Gasteiger charge is -2.29. The van der Waals surface area contributed by atoms with Gasteiger partial charge in [0.1, 0.15) is 29.4 Å². The summed E-state index contributed by atoms with van der Waals surface area (Å²) in [4.78, 5) is 42.8. The number of aryl methyl sites for hydroxylation is 1. The van der Waals surface area contributed by atoms with Crippen molar-refractivity contribution in [2.75, 3.05) is 13.1 Å². The number of likely N-dealkylation sites (tertiary alicyclic amines) is 1. The Morgan fingerprint density at radius 2 is 2.05 bits per heavy atom. The zero-order valence-corrected chi connectivity index (χ0v) is 20.6. The minimum Gasteiger partial charge on any atom is -0.356 e. The second kappa shape index (κ2) is 9.60. The minimum atomic E-state index is -3.00. The lowest BCUT2D eigenvalue weighted by Crippen LogP contribution is -2.52. The Kier molecular flexibility index (Phi) is 6.57. The summed E-state index contributed by atoms with van der Waals surface area (Å²) >= 11 is 0. The number of benzene rings is 1. The third kappa shape index (κ3) is 4.59. The molecule has 5 atom stereocenters. The number of nitrogens with one attached hydrogen (secondary N) is 3. The van der Waals surface area contributed by atoms with E-state index in [-0.39, 0.29) is 41.0 Å². The van der Waals surface area contributed by atoms with Crippen LogP contribution in [-0.2, 0) is 9.59 Å². The quantitative estimate of drug-likeness (QED) is 0.512. The largest absolute Gasteiger partial charge is 0.356 e. The number of rotatable bonds is 5. The molecule has 3 heterocycles. The topological polar surface area (TPSA) is 118 Å². The molecule has 0 spiro atoms. The third-order valence-corrected chi connectivity index (χ3v) is 8.01. The predicted octanol–water partition coefficient (Wildman–Crippen LogP) is 3.17. The van der Waals surface area contributed by atoms with E-state index in [1.807, 2.05) is 6.07 Å².